The maximum absolute atomic E-state index is 5.75. The van der Waals surface area contributed by atoms with Crippen LogP contribution in [0.4, 0.5) is 5.69 Å². The Morgan fingerprint density at radius 1 is 1.22 bits per heavy atom. The SMILES string of the molecule is Cc1cc(NCC(C(C)C)C(C)C)c(CN)cn1. The molecule has 0 saturated carbocycles. The Kier molecular flexibility index (Phi) is 5.60. The van der Waals surface area contributed by atoms with E-state index in [-0.39, 0.29) is 0 Å². The topological polar surface area (TPSA) is 50.9 Å². The summed E-state index contributed by atoms with van der Waals surface area (Å²) in [7, 11) is 0. The molecule has 0 fully saturated rings. The van der Waals surface area contributed by atoms with Crippen LogP contribution in [0, 0.1) is 24.7 Å². The predicted molar refractivity (Wildman–Crippen MR) is 78.5 cm³/mol. The van der Waals surface area contributed by atoms with Crippen LogP contribution in [0.3, 0.4) is 0 Å². The third-order valence-corrected chi connectivity index (χ3v) is 3.58. The first-order valence-corrected chi connectivity index (χ1v) is 6.85. The van der Waals surface area contributed by atoms with Gasteiger partial charge in [-0.15, -0.1) is 0 Å². The Morgan fingerprint density at radius 3 is 2.33 bits per heavy atom. The molecule has 102 valence electrons. The Balaban J connectivity index is 2.75. The van der Waals surface area contributed by atoms with Gasteiger partial charge in [-0.2, -0.15) is 0 Å². The number of rotatable bonds is 6. The van der Waals surface area contributed by atoms with Gasteiger partial charge in [0.2, 0.25) is 0 Å². The molecule has 18 heavy (non-hydrogen) atoms. The lowest BCUT2D eigenvalue weighted by Gasteiger charge is -2.26. The van der Waals surface area contributed by atoms with Gasteiger partial charge in [0.25, 0.3) is 0 Å². The molecule has 1 rings (SSSR count). The predicted octanol–water partition coefficient (Wildman–Crippen LogP) is 3.19. The molecule has 3 heteroatoms. The van der Waals surface area contributed by atoms with Crippen molar-refractivity contribution >= 4 is 5.69 Å². The van der Waals surface area contributed by atoms with Gasteiger partial charge in [0.1, 0.15) is 0 Å². The summed E-state index contributed by atoms with van der Waals surface area (Å²) in [5.74, 6) is 2.03. The molecular weight excluding hydrogens is 222 g/mol. The lowest BCUT2D eigenvalue weighted by molar-refractivity contribution is 0.304. The van der Waals surface area contributed by atoms with Crippen LogP contribution >= 0.6 is 0 Å². The highest BCUT2D eigenvalue weighted by Gasteiger charge is 2.17. The minimum atomic E-state index is 0.531. The van der Waals surface area contributed by atoms with E-state index >= 15 is 0 Å². The fraction of sp³-hybridized carbons (Fsp3) is 0.667. The number of hydrogen-bond acceptors (Lipinski definition) is 3. The number of aryl methyl sites for hydroxylation is 1. The van der Waals surface area contributed by atoms with Crippen molar-refractivity contribution in [1.29, 1.82) is 0 Å². The smallest absolute Gasteiger partial charge is 0.0419 e. The molecule has 3 nitrogen and oxygen atoms in total. The summed E-state index contributed by atoms with van der Waals surface area (Å²) in [4.78, 5) is 4.29. The fourth-order valence-corrected chi connectivity index (χ4v) is 2.38. The molecule has 0 atom stereocenters. The van der Waals surface area contributed by atoms with Gasteiger partial charge < -0.3 is 11.1 Å². The molecule has 0 aliphatic heterocycles. The number of nitrogens with two attached hydrogens (primary N) is 1. The van der Waals surface area contributed by atoms with Crippen molar-refractivity contribution in [1.82, 2.24) is 4.98 Å². The van der Waals surface area contributed by atoms with Gasteiger partial charge >= 0.3 is 0 Å². The first kappa shape index (κ1) is 15.0. The molecule has 0 saturated heterocycles. The molecular formula is C15H27N3. The number of hydrogen-bond donors (Lipinski definition) is 2. The van der Waals surface area contributed by atoms with Crippen molar-refractivity contribution in [3.8, 4) is 0 Å². The minimum Gasteiger partial charge on any atom is -0.384 e. The quantitative estimate of drug-likeness (QED) is 0.814. The van der Waals surface area contributed by atoms with Crippen molar-refractivity contribution in [3.05, 3.63) is 23.5 Å². The van der Waals surface area contributed by atoms with Crippen molar-refractivity contribution < 1.29 is 0 Å². The maximum atomic E-state index is 5.75. The Labute approximate surface area is 111 Å². The average Bonchev–Trinajstić information content (AvgIpc) is 2.28. The second-order valence-electron chi connectivity index (χ2n) is 5.72. The van der Waals surface area contributed by atoms with Crippen LogP contribution in [0.2, 0.25) is 0 Å². The summed E-state index contributed by atoms with van der Waals surface area (Å²) in [6.45, 7) is 12.7. The van der Waals surface area contributed by atoms with Gasteiger partial charge in [-0.05, 0) is 30.7 Å². The molecule has 0 aromatic carbocycles. The summed E-state index contributed by atoms with van der Waals surface area (Å²) in [6.07, 6.45) is 1.87. The van der Waals surface area contributed by atoms with Crippen molar-refractivity contribution in [2.45, 2.75) is 41.2 Å². The van der Waals surface area contributed by atoms with Crippen LogP contribution in [0.5, 0.6) is 0 Å². The van der Waals surface area contributed by atoms with Crippen LogP contribution in [0.1, 0.15) is 39.0 Å². The molecule has 0 amide bonds. The molecule has 0 aliphatic carbocycles. The number of nitrogens with one attached hydrogen (secondary N) is 1. The number of nitrogens with zero attached hydrogens (tertiary/aromatic N) is 1. The van der Waals surface area contributed by atoms with E-state index in [0.717, 1.165) is 23.5 Å². The molecule has 0 aliphatic rings. The summed E-state index contributed by atoms with van der Waals surface area (Å²) in [6, 6.07) is 2.08. The fourth-order valence-electron chi connectivity index (χ4n) is 2.38. The van der Waals surface area contributed by atoms with Gasteiger partial charge in [-0.3, -0.25) is 4.98 Å². The molecule has 0 radical (unpaired) electrons. The van der Waals surface area contributed by atoms with Crippen molar-refractivity contribution in [2.24, 2.45) is 23.5 Å². The van der Waals surface area contributed by atoms with E-state index in [4.69, 9.17) is 5.73 Å². The normalized spacial score (nSPS) is 11.6. The molecule has 3 N–H and O–H groups in total. The third kappa shape index (κ3) is 3.98. The van der Waals surface area contributed by atoms with Crippen molar-refractivity contribution in [2.75, 3.05) is 11.9 Å². The second kappa shape index (κ2) is 6.74. The van der Waals surface area contributed by atoms with Gasteiger partial charge in [0, 0.05) is 36.2 Å². The molecule has 1 aromatic rings. The maximum Gasteiger partial charge on any atom is 0.0419 e. The lowest BCUT2D eigenvalue weighted by Crippen LogP contribution is -2.25. The second-order valence-corrected chi connectivity index (χ2v) is 5.72. The van der Waals surface area contributed by atoms with Gasteiger partial charge in [-0.25, -0.2) is 0 Å². The van der Waals surface area contributed by atoms with E-state index < -0.39 is 0 Å². The van der Waals surface area contributed by atoms with Gasteiger partial charge in [-0.1, -0.05) is 27.7 Å². The van der Waals surface area contributed by atoms with Crippen LogP contribution < -0.4 is 11.1 Å². The summed E-state index contributed by atoms with van der Waals surface area (Å²) in [5, 5.41) is 3.55. The monoisotopic (exact) mass is 249 g/mol. The highest BCUT2D eigenvalue weighted by molar-refractivity contribution is 5.51. The highest BCUT2D eigenvalue weighted by atomic mass is 14.9. The highest BCUT2D eigenvalue weighted by Crippen LogP contribution is 2.22. The summed E-state index contributed by atoms with van der Waals surface area (Å²) in [5.41, 5.74) is 9.00. The van der Waals surface area contributed by atoms with Crippen LogP contribution in [-0.4, -0.2) is 11.5 Å². The third-order valence-electron chi connectivity index (χ3n) is 3.58. The Bertz CT molecular complexity index is 364. The molecule has 1 heterocycles. The first-order chi connectivity index (χ1) is 8.45. The van der Waals surface area contributed by atoms with E-state index in [1.165, 1.54) is 0 Å². The Morgan fingerprint density at radius 2 is 1.83 bits per heavy atom. The average molecular weight is 249 g/mol. The molecule has 1 aromatic heterocycles. The minimum absolute atomic E-state index is 0.531. The number of pyridine rings is 1. The van der Waals surface area contributed by atoms with Crippen molar-refractivity contribution in [3.63, 3.8) is 0 Å². The summed E-state index contributed by atoms with van der Waals surface area (Å²) >= 11 is 0. The zero-order valence-corrected chi connectivity index (χ0v) is 12.3. The van der Waals surface area contributed by atoms with E-state index in [1.807, 2.05) is 13.1 Å². The van der Waals surface area contributed by atoms with Gasteiger partial charge in [0.15, 0.2) is 0 Å². The van der Waals surface area contributed by atoms with Gasteiger partial charge in [0.05, 0.1) is 0 Å². The summed E-state index contributed by atoms with van der Waals surface area (Å²) < 4.78 is 0. The van der Waals surface area contributed by atoms with E-state index in [1.54, 1.807) is 0 Å². The standard InChI is InChI=1S/C15H27N3/c1-10(2)14(11(3)4)9-18-15-6-12(5)17-8-13(15)7-16/h6,8,10-11,14H,7,9,16H2,1-5H3,(H,17,18). The molecule has 0 unspecified atom stereocenters. The molecule has 0 spiro atoms. The van der Waals surface area contributed by atoms with E-state index in [9.17, 15) is 0 Å². The number of aromatic nitrogens is 1. The first-order valence-electron chi connectivity index (χ1n) is 6.85. The van der Waals surface area contributed by atoms with Crippen LogP contribution in [0.15, 0.2) is 12.3 Å². The van der Waals surface area contributed by atoms with Crippen LogP contribution in [0.25, 0.3) is 0 Å². The largest absolute Gasteiger partial charge is 0.384 e. The number of anilines is 1. The lowest BCUT2D eigenvalue weighted by atomic mass is 9.85. The zero-order valence-electron chi connectivity index (χ0n) is 12.3. The van der Waals surface area contributed by atoms with E-state index in [2.05, 4.69) is 44.1 Å². The molecule has 0 bridgehead atoms. The Hall–Kier alpha value is -1.09. The van der Waals surface area contributed by atoms with E-state index in [0.29, 0.717) is 24.3 Å². The van der Waals surface area contributed by atoms with Crippen LogP contribution in [-0.2, 0) is 6.54 Å². The zero-order chi connectivity index (χ0) is 13.7.